The number of carbonyl (C=O) groups excluding carboxylic acids is 1. The van der Waals surface area contributed by atoms with Crippen molar-refractivity contribution in [2.45, 2.75) is 13.5 Å². The molecule has 4 rings (SSSR count). The van der Waals surface area contributed by atoms with Crippen molar-refractivity contribution >= 4 is 34.0 Å². The fourth-order valence-corrected chi connectivity index (χ4v) is 3.36. The third-order valence-electron chi connectivity index (χ3n) is 4.49. The van der Waals surface area contributed by atoms with Gasteiger partial charge in [-0.2, -0.15) is 0 Å². The minimum Gasteiger partial charge on any atom is -0.481 e. The molecule has 0 N–H and O–H groups in total. The summed E-state index contributed by atoms with van der Waals surface area (Å²) in [6.07, 6.45) is 0. The number of esters is 1. The summed E-state index contributed by atoms with van der Waals surface area (Å²) in [5.74, 6) is -0.0187. The van der Waals surface area contributed by atoms with Crippen molar-refractivity contribution in [3.8, 4) is 5.75 Å². The van der Waals surface area contributed by atoms with Gasteiger partial charge in [0.15, 0.2) is 6.61 Å². The Morgan fingerprint density at radius 2 is 1.86 bits per heavy atom. The molecule has 6 nitrogen and oxygen atoms in total. The van der Waals surface area contributed by atoms with Crippen LogP contribution in [0.2, 0.25) is 5.02 Å². The van der Waals surface area contributed by atoms with Gasteiger partial charge in [-0.15, -0.1) is 0 Å². The van der Waals surface area contributed by atoms with Gasteiger partial charge in [-0.1, -0.05) is 41.9 Å². The van der Waals surface area contributed by atoms with Gasteiger partial charge in [-0.05, 0) is 31.2 Å². The monoisotopic (exact) mass is 408 g/mol. The van der Waals surface area contributed by atoms with Crippen LogP contribution in [-0.4, -0.2) is 22.0 Å². The van der Waals surface area contributed by atoms with Gasteiger partial charge in [0.25, 0.3) is 5.56 Å². The zero-order valence-corrected chi connectivity index (χ0v) is 16.3. The van der Waals surface area contributed by atoms with E-state index < -0.39 is 5.97 Å². The van der Waals surface area contributed by atoms with Crippen LogP contribution in [0.5, 0.6) is 5.75 Å². The number of carbonyl (C=O) groups is 1. The lowest BCUT2D eigenvalue weighted by Crippen LogP contribution is -2.19. The number of pyridine rings is 1. The molecule has 0 amide bonds. The Morgan fingerprint density at radius 3 is 2.69 bits per heavy atom. The fraction of sp³-hybridized carbons (Fsp3) is 0.136. The Bertz CT molecular complexity index is 1280. The van der Waals surface area contributed by atoms with Crippen molar-refractivity contribution in [2.75, 3.05) is 6.61 Å². The standard InChI is InChI=1S/C22H17ClN2O4/c1-14-5-4-8-20-24-15(11-21(26)25(14)20)12-29-22(27)13-28-19-10-9-18(23)16-6-2-3-7-17(16)19/h2-11H,12-13H2,1H3. The van der Waals surface area contributed by atoms with E-state index >= 15 is 0 Å². The van der Waals surface area contributed by atoms with Crippen molar-refractivity contribution in [2.24, 2.45) is 0 Å². The Labute approximate surface area is 171 Å². The molecule has 2 heterocycles. The molecule has 0 radical (unpaired) electrons. The van der Waals surface area contributed by atoms with Crippen molar-refractivity contribution in [3.63, 3.8) is 0 Å². The molecule has 0 aliphatic carbocycles. The van der Waals surface area contributed by atoms with E-state index in [1.807, 2.05) is 43.3 Å². The zero-order chi connectivity index (χ0) is 20.4. The van der Waals surface area contributed by atoms with E-state index in [1.165, 1.54) is 10.5 Å². The first-order chi connectivity index (χ1) is 14.0. The minimum absolute atomic E-state index is 0.108. The third-order valence-corrected chi connectivity index (χ3v) is 4.82. The van der Waals surface area contributed by atoms with Crippen LogP contribution >= 0.6 is 11.6 Å². The predicted octanol–water partition coefficient (Wildman–Crippen LogP) is 3.93. The molecule has 2 aromatic carbocycles. The molecule has 0 atom stereocenters. The van der Waals surface area contributed by atoms with Crippen LogP contribution in [0.3, 0.4) is 0 Å². The van der Waals surface area contributed by atoms with Crippen LogP contribution in [0.15, 0.2) is 65.5 Å². The summed E-state index contributed by atoms with van der Waals surface area (Å²) < 4.78 is 12.3. The zero-order valence-electron chi connectivity index (χ0n) is 15.6. The highest BCUT2D eigenvalue weighted by Gasteiger charge is 2.11. The van der Waals surface area contributed by atoms with Crippen LogP contribution in [0, 0.1) is 6.92 Å². The van der Waals surface area contributed by atoms with Crippen molar-refractivity contribution in [1.82, 2.24) is 9.38 Å². The number of aromatic nitrogens is 2. The summed E-state index contributed by atoms with van der Waals surface area (Å²) in [5.41, 5.74) is 1.45. The van der Waals surface area contributed by atoms with Gasteiger partial charge in [0.2, 0.25) is 0 Å². The molecule has 146 valence electrons. The average molecular weight is 409 g/mol. The summed E-state index contributed by atoms with van der Waals surface area (Å²) in [5, 5.41) is 2.27. The molecule has 4 aromatic rings. The molecular formula is C22H17ClN2O4. The van der Waals surface area contributed by atoms with Gasteiger partial charge in [0.1, 0.15) is 18.0 Å². The predicted molar refractivity (Wildman–Crippen MR) is 110 cm³/mol. The van der Waals surface area contributed by atoms with E-state index in [4.69, 9.17) is 21.1 Å². The Morgan fingerprint density at radius 1 is 1.07 bits per heavy atom. The second kappa shape index (κ2) is 7.93. The molecule has 2 aromatic heterocycles. The third kappa shape index (κ3) is 3.93. The molecule has 0 aliphatic heterocycles. The van der Waals surface area contributed by atoms with Gasteiger partial charge in [0, 0.05) is 27.6 Å². The van der Waals surface area contributed by atoms with Gasteiger partial charge in [0.05, 0.1) is 5.69 Å². The molecule has 29 heavy (non-hydrogen) atoms. The maximum atomic E-state index is 12.3. The number of rotatable bonds is 5. The van der Waals surface area contributed by atoms with Crippen LogP contribution in [0.25, 0.3) is 16.4 Å². The second-order valence-corrected chi connectivity index (χ2v) is 6.89. The molecule has 0 spiro atoms. The number of aryl methyl sites for hydroxylation is 1. The van der Waals surface area contributed by atoms with Gasteiger partial charge in [-0.3, -0.25) is 9.20 Å². The largest absolute Gasteiger partial charge is 0.481 e. The normalized spacial score (nSPS) is 11.0. The minimum atomic E-state index is -0.560. The van der Waals surface area contributed by atoms with Gasteiger partial charge in [-0.25, -0.2) is 9.78 Å². The van der Waals surface area contributed by atoms with Gasteiger partial charge < -0.3 is 9.47 Å². The summed E-state index contributed by atoms with van der Waals surface area (Å²) in [6.45, 7) is 1.45. The number of benzene rings is 2. The number of nitrogens with zero attached hydrogens (tertiary/aromatic N) is 2. The quantitative estimate of drug-likeness (QED) is 0.468. The second-order valence-electron chi connectivity index (χ2n) is 6.49. The summed E-state index contributed by atoms with van der Waals surface area (Å²) in [6, 6.07) is 17.7. The number of ether oxygens (including phenoxy) is 2. The van der Waals surface area contributed by atoms with E-state index in [2.05, 4.69) is 4.98 Å². The van der Waals surface area contributed by atoms with E-state index in [9.17, 15) is 9.59 Å². The van der Waals surface area contributed by atoms with E-state index in [0.717, 1.165) is 16.5 Å². The molecule has 0 fully saturated rings. The smallest absolute Gasteiger partial charge is 0.344 e. The number of hydrogen-bond acceptors (Lipinski definition) is 5. The number of fused-ring (bicyclic) bond motifs is 2. The molecule has 0 saturated heterocycles. The highest BCUT2D eigenvalue weighted by atomic mass is 35.5. The van der Waals surface area contributed by atoms with E-state index in [0.29, 0.717) is 22.1 Å². The molecule has 0 saturated carbocycles. The van der Waals surface area contributed by atoms with Crippen molar-refractivity contribution in [1.29, 1.82) is 0 Å². The first-order valence-corrected chi connectivity index (χ1v) is 9.35. The summed E-state index contributed by atoms with van der Waals surface area (Å²) in [4.78, 5) is 28.8. The Balaban J connectivity index is 1.43. The SMILES string of the molecule is Cc1cccc2nc(COC(=O)COc3ccc(Cl)c4ccccc34)cc(=O)n12. The first-order valence-electron chi connectivity index (χ1n) is 8.97. The van der Waals surface area contributed by atoms with Crippen LogP contribution in [0.1, 0.15) is 11.4 Å². The van der Waals surface area contributed by atoms with Gasteiger partial charge >= 0.3 is 5.97 Å². The fourth-order valence-electron chi connectivity index (χ4n) is 3.13. The van der Waals surface area contributed by atoms with Crippen molar-refractivity contribution in [3.05, 3.63) is 87.4 Å². The first kappa shape index (κ1) is 19.0. The number of hydrogen-bond donors (Lipinski definition) is 0. The lowest BCUT2D eigenvalue weighted by atomic mass is 10.1. The van der Waals surface area contributed by atoms with Crippen LogP contribution in [0.4, 0.5) is 0 Å². The highest BCUT2D eigenvalue weighted by Crippen LogP contribution is 2.31. The average Bonchev–Trinajstić information content (AvgIpc) is 2.72. The summed E-state index contributed by atoms with van der Waals surface area (Å²) >= 11 is 6.19. The lowest BCUT2D eigenvalue weighted by molar-refractivity contribution is -0.147. The lowest BCUT2D eigenvalue weighted by Gasteiger charge is -2.10. The molecule has 7 heteroatoms. The highest BCUT2D eigenvalue weighted by molar-refractivity contribution is 6.35. The molecule has 0 unspecified atom stereocenters. The number of halogens is 1. The topological polar surface area (TPSA) is 69.9 Å². The van der Waals surface area contributed by atoms with Crippen LogP contribution in [-0.2, 0) is 16.1 Å². The van der Waals surface area contributed by atoms with E-state index in [-0.39, 0.29) is 18.8 Å². The Kier molecular flexibility index (Phi) is 5.18. The molecule has 0 bridgehead atoms. The molecule has 0 aliphatic rings. The molecular weight excluding hydrogens is 392 g/mol. The van der Waals surface area contributed by atoms with Crippen molar-refractivity contribution < 1.29 is 14.3 Å². The summed E-state index contributed by atoms with van der Waals surface area (Å²) in [7, 11) is 0. The maximum Gasteiger partial charge on any atom is 0.344 e. The van der Waals surface area contributed by atoms with E-state index in [1.54, 1.807) is 18.2 Å². The van der Waals surface area contributed by atoms with Crippen LogP contribution < -0.4 is 10.3 Å². The Hall–Kier alpha value is -3.38. The maximum absolute atomic E-state index is 12.3.